The fourth-order valence-electron chi connectivity index (χ4n) is 2.96. The summed E-state index contributed by atoms with van der Waals surface area (Å²) >= 11 is 0. The number of hydrogen-bond acceptors (Lipinski definition) is 3. The number of aryl methyl sites for hydroxylation is 1. The number of guanidine groups is 1. The minimum Gasteiger partial charge on any atom is -0.491 e. The number of nitrogens with one attached hydrogen (secondary N) is 3. The lowest BCUT2D eigenvalue weighted by atomic mass is 10.1. The average Bonchev–Trinajstić information content (AvgIpc) is 3.19. The van der Waals surface area contributed by atoms with Gasteiger partial charge in [-0.05, 0) is 38.0 Å². The van der Waals surface area contributed by atoms with Crippen LogP contribution in [0.1, 0.15) is 30.8 Å². The maximum absolute atomic E-state index is 5.95. The molecule has 6 heteroatoms. The van der Waals surface area contributed by atoms with Crippen molar-refractivity contribution in [2.24, 2.45) is 4.99 Å². The second-order valence-corrected chi connectivity index (χ2v) is 7.17. The quantitative estimate of drug-likeness (QED) is 0.420. The van der Waals surface area contributed by atoms with E-state index in [0.29, 0.717) is 19.0 Å². The largest absolute Gasteiger partial charge is 0.491 e. The predicted octanol–water partition coefficient (Wildman–Crippen LogP) is 4.04. The number of nitrogens with zero attached hydrogens (tertiary/aromatic N) is 2. The van der Waals surface area contributed by atoms with E-state index in [1.807, 2.05) is 38.2 Å². The molecule has 0 bridgehead atoms. The van der Waals surface area contributed by atoms with Gasteiger partial charge >= 0.3 is 0 Å². The number of benzene rings is 2. The molecule has 0 amide bonds. The molecule has 3 aromatic rings. The lowest BCUT2D eigenvalue weighted by molar-refractivity contribution is 0.239. The molecule has 0 aliphatic heterocycles. The van der Waals surface area contributed by atoms with Gasteiger partial charge in [0.15, 0.2) is 5.96 Å². The van der Waals surface area contributed by atoms with Gasteiger partial charge in [-0.15, -0.1) is 0 Å². The van der Waals surface area contributed by atoms with Gasteiger partial charge in [-0.25, -0.2) is 4.98 Å². The first-order chi connectivity index (χ1) is 14.0. The molecular weight excluding hydrogens is 362 g/mol. The van der Waals surface area contributed by atoms with Gasteiger partial charge in [-0.3, -0.25) is 4.99 Å². The van der Waals surface area contributed by atoms with Gasteiger partial charge in [-0.2, -0.15) is 0 Å². The molecule has 0 fully saturated rings. The van der Waals surface area contributed by atoms with Crippen molar-refractivity contribution in [2.75, 3.05) is 7.05 Å². The first kappa shape index (κ1) is 20.5. The van der Waals surface area contributed by atoms with Gasteiger partial charge in [0.2, 0.25) is 0 Å². The smallest absolute Gasteiger partial charge is 0.191 e. The molecule has 6 nitrogen and oxygen atoms in total. The van der Waals surface area contributed by atoms with E-state index in [-0.39, 0.29) is 6.10 Å². The standard InChI is InChI=1S/C23H29N5O/c1-16(2)29-21-12-17(3)10-11-19(21)13-26-23(24-4)27-15-22-25-14-20(28-22)18-8-6-5-7-9-18/h5-12,14,16H,13,15H2,1-4H3,(H,25,28)(H2,24,26,27). The van der Waals surface area contributed by atoms with E-state index in [1.54, 1.807) is 7.05 Å². The molecule has 3 rings (SSSR count). The first-order valence-electron chi connectivity index (χ1n) is 9.85. The monoisotopic (exact) mass is 391 g/mol. The van der Waals surface area contributed by atoms with Crippen LogP contribution < -0.4 is 15.4 Å². The van der Waals surface area contributed by atoms with Crippen LogP contribution in [0.4, 0.5) is 0 Å². The lowest BCUT2D eigenvalue weighted by Gasteiger charge is -2.17. The summed E-state index contributed by atoms with van der Waals surface area (Å²) in [5.41, 5.74) is 4.39. The third kappa shape index (κ3) is 5.85. The molecule has 2 aromatic carbocycles. The zero-order chi connectivity index (χ0) is 20.6. The summed E-state index contributed by atoms with van der Waals surface area (Å²) in [4.78, 5) is 12.1. The molecular formula is C23H29N5O. The Kier molecular flexibility index (Phi) is 6.89. The van der Waals surface area contributed by atoms with Gasteiger partial charge in [0.1, 0.15) is 11.6 Å². The van der Waals surface area contributed by atoms with E-state index in [9.17, 15) is 0 Å². The molecule has 1 heterocycles. The maximum Gasteiger partial charge on any atom is 0.191 e. The summed E-state index contributed by atoms with van der Waals surface area (Å²) < 4.78 is 5.95. The van der Waals surface area contributed by atoms with Crippen molar-refractivity contribution in [1.29, 1.82) is 0 Å². The molecule has 1 aromatic heterocycles. The lowest BCUT2D eigenvalue weighted by Crippen LogP contribution is -2.36. The Morgan fingerprint density at radius 3 is 2.59 bits per heavy atom. The van der Waals surface area contributed by atoms with Crippen molar-refractivity contribution in [1.82, 2.24) is 20.6 Å². The van der Waals surface area contributed by atoms with Crippen molar-refractivity contribution >= 4 is 5.96 Å². The Labute approximate surface area is 172 Å². The van der Waals surface area contributed by atoms with Gasteiger partial charge in [0.05, 0.1) is 24.5 Å². The maximum atomic E-state index is 5.95. The zero-order valence-corrected chi connectivity index (χ0v) is 17.5. The Morgan fingerprint density at radius 1 is 1.10 bits per heavy atom. The number of aromatic amines is 1. The molecule has 0 saturated carbocycles. The first-order valence-corrected chi connectivity index (χ1v) is 9.85. The topological polar surface area (TPSA) is 74.3 Å². The Morgan fingerprint density at radius 2 is 1.86 bits per heavy atom. The molecule has 0 atom stereocenters. The van der Waals surface area contributed by atoms with Crippen molar-refractivity contribution < 1.29 is 4.74 Å². The molecule has 0 aliphatic carbocycles. The van der Waals surface area contributed by atoms with Gasteiger partial charge < -0.3 is 20.4 Å². The van der Waals surface area contributed by atoms with Crippen LogP contribution in [0.2, 0.25) is 0 Å². The van der Waals surface area contributed by atoms with Crippen LogP contribution >= 0.6 is 0 Å². The number of imidazole rings is 1. The average molecular weight is 392 g/mol. The van der Waals surface area contributed by atoms with Crippen LogP contribution in [-0.4, -0.2) is 29.1 Å². The van der Waals surface area contributed by atoms with Gasteiger partial charge in [0, 0.05) is 19.2 Å². The van der Waals surface area contributed by atoms with Crippen molar-refractivity contribution in [3.8, 4) is 17.0 Å². The fraction of sp³-hybridized carbons (Fsp3) is 0.304. The third-order valence-corrected chi connectivity index (χ3v) is 4.39. The molecule has 0 aliphatic rings. The molecule has 0 unspecified atom stereocenters. The van der Waals surface area contributed by atoms with E-state index < -0.39 is 0 Å². The van der Waals surface area contributed by atoms with Crippen LogP contribution in [-0.2, 0) is 13.1 Å². The van der Waals surface area contributed by atoms with Crippen LogP contribution in [0.5, 0.6) is 5.75 Å². The highest BCUT2D eigenvalue weighted by Crippen LogP contribution is 2.21. The van der Waals surface area contributed by atoms with Crippen LogP contribution in [0.25, 0.3) is 11.3 Å². The van der Waals surface area contributed by atoms with Crippen LogP contribution in [0, 0.1) is 6.92 Å². The molecule has 29 heavy (non-hydrogen) atoms. The Hall–Kier alpha value is -3.28. The molecule has 3 N–H and O–H groups in total. The predicted molar refractivity (Wildman–Crippen MR) is 118 cm³/mol. The van der Waals surface area contributed by atoms with E-state index in [1.165, 1.54) is 5.56 Å². The Bertz CT molecular complexity index is 947. The minimum atomic E-state index is 0.130. The second kappa shape index (κ2) is 9.78. The minimum absolute atomic E-state index is 0.130. The molecule has 0 spiro atoms. The second-order valence-electron chi connectivity index (χ2n) is 7.17. The highest BCUT2D eigenvalue weighted by atomic mass is 16.5. The molecule has 0 radical (unpaired) electrons. The number of hydrogen-bond donors (Lipinski definition) is 3. The molecule has 0 saturated heterocycles. The van der Waals surface area contributed by atoms with E-state index in [0.717, 1.165) is 28.4 Å². The summed E-state index contributed by atoms with van der Waals surface area (Å²) in [6, 6.07) is 16.4. The SMILES string of the molecule is CN=C(NCc1ncc(-c2ccccc2)[nH]1)NCc1ccc(C)cc1OC(C)C. The number of ether oxygens (including phenoxy) is 1. The summed E-state index contributed by atoms with van der Waals surface area (Å²) in [6.45, 7) is 7.31. The van der Waals surface area contributed by atoms with Crippen molar-refractivity contribution in [3.63, 3.8) is 0 Å². The van der Waals surface area contributed by atoms with E-state index in [2.05, 4.69) is 62.8 Å². The zero-order valence-electron chi connectivity index (χ0n) is 17.5. The number of H-pyrrole nitrogens is 1. The Balaban J connectivity index is 1.58. The fourth-order valence-corrected chi connectivity index (χ4v) is 2.96. The van der Waals surface area contributed by atoms with Gasteiger partial charge in [-0.1, -0.05) is 42.5 Å². The summed E-state index contributed by atoms with van der Waals surface area (Å²) in [5.74, 6) is 2.46. The van der Waals surface area contributed by atoms with E-state index in [4.69, 9.17) is 4.74 Å². The summed E-state index contributed by atoms with van der Waals surface area (Å²) in [5, 5.41) is 6.64. The third-order valence-electron chi connectivity index (χ3n) is 4.39. The normalized spacial score (nSPS) is 11.6. The van der Waals surface area contributed by atoms with Crippen molar-refractivity contribution in [2.45, 2.75) is 40.0 Å². The van der Waals surface area contributed by atoms with E-state index >= 15 is 0 Å². The number of aromatic nitrogens is 2. The highest BCUT2D eigenvalue weighted by molar-refractivity contribution is 5.79. The van der Waals surface area contributed by atoms with Gasteiger partial charge in [0.25, 0.3) is 0 Å². The van der Waals surface area contributed by atoms with Crippen molar-refractivity contribution in [3.05, 3.63) is 71.7 Å². The van der Waals surface area contributed by atoms with Crippen LogP contribution in [0.15, 0.2) is 59.7 Å². The summed E-state index contributed by atoms with van der Waals surface area (Å²) in [7, 11) is 1.76. The molecule has 152 valence electrons. The summed E-state index contributed by atoms with van der Waals surface area (Å²) in [6.07, 6.45) is 1.98. The van der Waals surface area contributed by atoms with Crippen LogP contribution in [0.3, 0.4) is 0 Å². The number of rotatable bonds is 7. The highest BCUT2D eigenvalue weighted by Gasteiger charge is 2.08. The number of aliphatic imine (C=N–C) groups is 1.